The molecule has 2 aromatic heterocycles. The largest absolute Gasteiger partial charge is 0.280 e. The normalized spacial score (nSPS) is 11.8. The number of hydrogen-bond acceptors (Lipinski definition) is 6. The smallest absolute Gasteiger partial charge is 0.206 e. The molecule has 0 radical (unpaired) electrons. The molecule has 7 nitrogen and oxygen atoms in total. The van der Waals surface area contributed by atoms with Crippen molar-refractivity contribution in [2.24, 2.45) is 4.99 Å². The Hall–Kier alpha value is -4.09. The molecule has 0 amide bonds. The second-order valence-electron chi connectivity index (χ2n) is 7.01. The molecule has 0 fully saturated rings. The average molecular weight is 442 g/mol. The van der Waals surface area contributed by atoms with Gasteiger partial charge in [0.2, 0.25) is 9.84 Å². The van der Waals surface area contributed by atoms with Crippen molar-refractivity contribution < 1.29 is 8.42 Å². The number of nitriles is 1. The highest BCUT2D eigenvalue weighted by molar-refractivity contribution is 7.91. The first kappa shape index (κ1) is 21.2. The molecule has 0 spiro atoms. The highest BCUT2D eigenvalue weighted by Gasteiger charge is 2.18. The number of pyridine rings is 2. The van der Waals surface area contributed by atoms with Crippen LogP contribution in [0.5, 0.6) is 0 Å². The van der Waals surface area contributed by atoms with Gasteiger partial charge in [0.25, 0.3) is 0 Å². The quantitative estimate of drug-likeness (QED) is 0.208. The van der Waals surface area contributed by atoms with Crippen LogP contribution in [0.25, 0.3) is 10.9 Å². The zero-order chi connectivity index (χ0) is 22.4. The van der Waals surface area contributed by atoms with E-state index in [1.54, 1.807) is 79.3 Å². The molecule has 2 heterocycles. The number of fused-ring (bicyclic) bond motifs is 1. The van der Waals surface area contributed by atoms with Crippen molar-refractivity contribution >= 4 is 32.3 Å². The maximum absolute atomic E-state index is 13.1. The van der Waals surface area contributed by atoms with Crippen molar-refractivity contribution in [1.29, 1.82) is 5.26 Å². The topological polar surface area (TPSA) is 108 Å². The van der Waals surface area contributed by atoms with Crippen LogP contribution in [-0.2, 0) is 16.3 Å². The molecule has 0 aliphatic rings. The Kier molecular flexibility index (Phi) is 6.19. The number of nitrogens with one attached hydrogen (secondary N) is 1. The van der Waals surface area contributed by atoms with Gasteiger partial charge < -0.3 is 0 Å². The van der Waals surface area contributed by atoms with Crippen LogP contribution < -0.4 is 5.32 Å². The fraction of sp³-hybridized carbons (Fsp3) is 0.0833. The summed E-state index contributed by atoms with van der Waals surface area (Å²) in [4.78, 5) is 13.1. The van der Waals surface area contributed by atoms with Crippen LogP contribution in [0.15, 0.2) is 100 Å². The number of hydrogen-bond donors (Lipinski definition) is 1. The number of sulfone groups is 1. The molecule has 0 saturated heterocycles. The summed E-state index contributed by atoms with van der Waals surface area (Å²) in [5.74, 6) is 0.528. The van der Waals surface area contributed by atoms with Crippen LogP contribution in [0.4, 0.5) is 5.69 Å². The minimum absolute atomic E-state index is 0.227. The number of aryl methyl sites for hydroxylation is 1. The van der Waals surface area contributed by atoms with E-state index in [1.807, 2.05) is 12.3 Å². The van der Waals surface area contributed by atoms with Crippen molar-refractivity contribution in [2.45, 2.75) is 22.6 Å². The van der Waals surface area contributed by atoms with Gasteiger partial charge in [0.05, 0.1) is 21.0 Å². The molecule has 158 valence electrons. The van der Waals surface area contributed by atoms with E-state index in [4.69, 9.17) is 5.26 Å². The Morgan fingerprint density at radius 2 is 1.72 bits per heavy atom. The summed E-state index contributed by atoms with van der Waals surface area (Å²) in [6.07, 6.45) is 7.94. The van der Waals surface area contributed by atoms with Crippen molar-refractivity contribution in [1.82, 2.24) is 15.3 Å². The first-order valence-corrected chi connectivity index (χ1v) is 11.4. The molecule has 2 aromatic carbocycles. The number of aliphatic imine (C=N–C) groups is 1. The van der Waals surface area contributed by atoms with Gasteiger partial charge >= 0.3 is 0 Å². The van der Waals surface area contributed by atoms with E-state index in [0.717, 1.165) is 16.5 Å². The van der Waals surface area contributed by atoms with E-state index in [2.05, 4.69) is 20.3 Å². The number of aromatic nitrogens is 2. The van der Waals surface area contributed by atoms with Gasteiger partial charge in [-0.2, -0.15) is 5.26 Å². The first-order valence-electron chi connectivity index (χ1n) is 9.88. The Balaban J connectivity index is 1.50. The second-order valence-corrected chi connectivity index (χ2v) is 8.96. The minimum atomic E-state index is -3.64. The number of rotatable bonds is 6. The lowest BCUT2D eigenvalue weighted by molar-refractivity contribution is 0.596. The summed E-state index contributed by atoms with van der Waals surface area (Å²) >= 11 is 0. The van der Waals surface area contributed by atoms with Crippen molar-refractivity contribution in [3.8, 4) is 6.19 Å². The third kappa shape index (κ3) is 4.79. The molecule has 0 bridgehead atoms. The maximum Gasteiger partial charge on any atom is 0.206 e. The average Bonchev–Trinajstić information content (AvgIpc) is 2.83. The monoisotopic (exact) mass is 441 g/mol. The summed E-state index contributed by atoms with van der Waals surface area (Å²) in [5, 5.41) is 12.4. The molecule has 8 heteroatoms. The van der Waals surface area contributed by atoms with Gasteiger partial charge in [-0.3, -0.25) is 15.3 Å². The lowest BCUT2D eigenvalue weighted by Gasteiger charge is -2.08. The van der Waals surface area contributed by atoms with E-state index in [9.17, 15) is 8.42 Å². The number of benzene rings is 2. The van der Waals surface area contributed by atoms with Crippen LogP contribution in [0.2, 0.25) is 0 Å². The SMILES string of the molecule is N#CNC(CCc1ccc(S(=O)(=O)c2ccc3ncccc3c2)cc1)=Nc1ccncc1. The van der Waals surface area contributed by atoms with E-state index >= 15 is 0 Å². The minimum Gasteiger partial charge on any atom is -0.280 e. The van der Waals surface area contributed by atoms with Crippen LogP contribution in [0.3, 0.4) is 0 Å². The fourth-order valence-corrected chi connectivity index (χ4v) is 4.54. The maximum atomic E-state index is 13.1. The summed E-state index contributed by atoms with van der Waals surface area (Å²) in [7, 11) is -3.64. The molecule has 4 aromatic rings. The molecule has 0 atom stereocenters. The Labute approximate surface area is 186 Å². The van der Waals surface area contributed by atoms with Crippen LogP contribution in [0, 0.1) is 11.5 Å². The van der Waals surface area contributed by atoms with E-state index < -0.39 is 9.84 Å². The molecule has 0 aliphatic heterocycles. The molecular formula is C24H19N5O2S. The van der Waals surface area contributed by atoms with Crippen molar-refractivity contribution in [3.05, 3.63) is 90.9 Å². The van der Waals surface area contributed by atoms with Crippen LogP contribution in [0.1, 0.15) is 12.0 Å². The number of nitrogens with zero attached hydrogens (tertiary/aromatic N) is 4. The van der Waals surface area contributed by atoms with Crippen LogP contribution >= 0.6 is 0 Å². The van der Waals surface area contributed by atoms with Gasteiger partial charge in [0.15, 0.2) is 6.19 Å². The lowest BCUT2D eigenvalue weighted by atomic mass is 10.1. The standard InChI is InChI=1S/C24H19N5O2S/c25-17-28-24(29-20-11-14-26-15-12-20)10-5-18-3-6-21(7-4-18)32(30,31)22-8-9-23-19(16-22)2-1-13-27-23/h1-4,6-9,11-16H,5,10H2,(H,26,28,29). The van der Waals surface area contributed by atoms with Gasteiger partial charge in [-0.05, 0) is 60.5 Å². The predicted octanol–water partition coefficient (Wildman–Crippen LogP) is 4.20. The highest BCUT2D eigenvalue weighted by Crippen LogP contribution is 2.24. The molecule has 1 N–H and O–H groups in total. The predicted molar refractivity (Wildman–Crippen MR) is 122 cm³/mol. The lowest BCUT2D eigenvalue weighted by Crippen LogP contribution is -2.18. The fourth-order valence-electron chi connectivity index (χ4n) is 3.24. The molecule has 0 saturated carbocycles. The second kappa shape index (κ2) is 9.37. The van der Waals surface area contributed by atoms with Gasteiger partial charge in [0, 0.05) is 30.4 Å². The third-order valence-electron chi connectivity index (χ3n) is 4.90. The van der Waals surface area contributed by atoms with Crippen LogP contribution in [-0.4, -0.2) is 24.2 Å². The Bertz CT molecular complexity index is 1410. The third-order valence-corrected chi connectivity index (χ3v) is 6.66. The Morgan fingerprint density at radius 1 is 0.969 bits per heavy atom. The zero-order valence-electron chi connectivity index (χ0n) is 17.0. The number of amidine groups is 1. The summed E-state index contributed by atoms with van der Waals surface area (Å²) in [5.41, 5.74) is 2.38. The molecule has 0 aliphatic carbocycles. The van der Waals surface area contributed by atoms with Crippen molar-refractivity contribution in [3.63, 3.8) is 0 Å². The summed E-state index contributed by atoms with van der Waals surface area (Å²) in [6, 6.07) is 18.8. The van der Waals surface area contributed by atoms with E-state index in [0.29, 0.717) is 24.4 Å². The van der Waals surface area contributed by atoms with Gasteiger partial charge in [0.1, 0.15) is 5.84 Å². The zero-order valence-corrected chi connectivity index (χ0v) is 17.8. The van der Waals surface area contributed by atoms with Crippen molar-refractivity contribution in [2.75, 3.05) is 0 Å². The molecule has 32 heavy (non-hydrogen) atoms. The first-order chi connectivity index (χ1) is 15.6. The van der Waals surface area contributed by atoms with Gasteiger partial charge in [-0.1, -0.05) is 18.2 Å². The van der Waals surface area contributed by atoms with E-state index in [1.165, 1.54) is 0 Å². The summed E-state index contributed by atoms with van der Waals surface area (Å²) in [6.45, 7) is 0. The molecule has 4 rings (SSSR count). The molecular weight excluding hydrogens is 422 g/mol. The highest BCUT2D eigenvalue weighted by atomic mass is 32.2. The molecule has 0 unspecified atom stereocenters. The van der Waals surface area contributed by atoms with Gasteiger partial charge in [-0.25, -0.2) is 13.4 Å². The van der Waals surface area contributed by atoms with E-state index in [-0.39, 0.29) is 9.79 Å². The van der Waals surface area contributed by atoms with Gasteiger partial charge in [-0.15, -0.1) is 0 Å². The summed E-state index contributed by atoms with van der Waals surface area (Å²) < 4.78 is 26.1. The Morgan fingerprint density at radius 3 is 2.47 bits per heavy atom.